The van der Waals surface area contributed by atoms with Crippen LogP contribution in [0.2, 0.25) is 0 Å². The number of piperazine rings is 2. The van der Waals surface area contributed by atoms with E-state index in [1.54, 1.807) is 46.1 Å². The van der Waals surface area contributed by atoms with E-state index < -0.39 is 12.1 Å². The summed E-state index contributed by atoms with van der Waals surface area (Å²) in [6.45, 7) is 1.33. The Bertz CT molecular complexity index is 831. The highest BCUT2D eigenvalue weighted by Crippen LogP contribution is 2.30. The van der Waals surface area contributed by atoms with Crippen LogP contribution in [-0.2, 0) is 14.3 Å². The summed E-state index contributed by atoms with van der Waals surface area (Å²) in [5, 5.41) is 8.88. The van der Waals surface area contributed by atoms with Gasteiger partial charge in [-0.3, -0.25) is 14.4 Å². The number of nitriles is 1. The average molecular weight is 368 g/mol. The number of fused-ring (bicyclic) bond motifs is 2. The number of carbonyl (C=O) groups excluding carboxylic acids is 3. The van der Waals surface area contributed by atoms with E-state index in [0.29, 0.717) is 37.2 Å². The minimum absolute atomic E-state index is 0.0513. The van der Waals surface area contributed by atoms with Crippen molar-refractivity contribution in [3.8, 4) is 6.07 Å². The van der Waals surface area contributed by atoms with Crippen LogP contribution in [0.15, 0.2) is 24.3 Å². The van der Waals surface area contributed by atoms with Crippen molar-refractivity contribution in [3.63, 3.8) is 0 Å². The largest absolute Gasteiger partial charge is 0.380 e. The van der Waals surface area contributed by atoms with Gasteiger partial charge in [0.15, 0.2) is 0 Å². The third-order valence-electron chi connectivity index (χ3n) is 5.66. The third-order valence-corrected chi connectivity index (χ3v) is 5.66. The molecule has 3 amide bonds. The summed E-state index contributed by atoms with van der Waals surface area (Å²) in [5.74, 6) is -0.362. The summed E-state index contributed by atoms with van der Waals surface area (Å²) in [4.78, 5) is 43.4. The van der Waals surface area contributed by atoms with Gasteiger partial charge in [-0.2, -0.15) is 5.26 Å². The first-order valence-corrected chi connectivity index (χ1v) is 8.96. The van der Waals surface area contributed by atoms with E-state index in [2.05, 4.69) is 0 Å². The Hall–Kier alpha value is -2.92. The number of amides is 3. The van der Waals surface area contributed by atoms with Gasteiger partial charge in [0, 0.05) is 38.7 Å². The molecule has 3 aliphatic rings. The molecule has 1 aromatic rings. The molecule has 0 saturated carbocycles. The lowest BCUT2D eigenvalue weighted by Gasteiger charge is -2.47. The molecule has 8 nitrogen and oxygen atoms in total. The van der Waals surface area contributed by atoms with Crippen LogP contribution in [-0.4, -0.2) is 83.9 Å². The molecule has 0 aromatic heterocycles. The second kappa shape index (κ2) is 6.67. The Morgan fingerprint density at radius 2 is 1.78 bits per heavy atom. The molecule has 0 aliphatic carbocycles. The van der Waals surface area contributed by atoms with Crippen molar-refractivity contribution >= 4 is 17.7 Å². The third kappa shape index (κ3) is 2.84. The number of benzene rings is 1. The molecule has 3 saturated heterocycles. The zero-order chi connectivity index (χ0) is 19.1. The molecule has 1 aromatic carbocycles. The molecule has 0 bridgehead atoms. The zero-order valence-corrected chi connectivity index (χ0v) is 15.0. The second-order valence-corrected chi connectivity index (χ2v) is 7.09. The lowest BCUT2D eigenvalue weighted by atomic mass is 10.0. The predicted octanol–water partition coefficient (Wildman–Crippen LogP) is -0.159. The van der Waals surface area contributed by atoms with Gasteiger partial charge in [0.05, 0.1) is 24.3 Å². The van der Waals surface area contributed by atoms with Gasteiger partial charge >= 0.3 is 0 Å². The average Bonchev–Trinajstić information content (AvgIpc) is 3.16. The lowest BCUT2D eigenvalue weighted by molar-refractivity contribution is -0.162. The van der Waals surface area contributed by atoms with Crippen LogP contribution in [0, 0.1) is 11.3 Å². The zero-order valence-electron chi connectivity index (χ0n) is 15.0. The summed E-state index contributed by atoms with van der Waals surface area (Å²) in [6.07, 6.45) is 0.402. The van der Waals surface area contributed by atoms with Crippen molar-refractivity contribution in [2.45, 2.75) is 24.6 Å². The number of hydrogen-bond donors (Lipinski definition) is 0. The van der Waals surface area contributed by atoms with Crippen LogP contribution >= 0.6 is 0 Å². The highest BCUT2D eigenvalue weighted by Gasteiger charge is 2.52. The number of rotatable bonds is 2. The van der Waals surface area contributed by atoms with E-state index in [4.69, 9.17) is 10.00 Å². The summed E-state index contributed by atoms with van der Waals surface area (Å²) in [6, 6.07) is 7.35. The number of hydrogen-bond acceptors (Lipinski definition) is 5. The van der Waals surface area contributed by atoms with Crippen LogP contribution in [0.4, 0.5) is 0 Å². The van der Waals surface area contributed by atoms with Crippen molar-refractivity contribution in [1.29, 1.82) is 5.26 Å². The minimum atomic E-state index is -0.638. The van der Waals surface area contributed by atoms with Crippen molar-refractivity contribution in [3.05, 3.63) is 35.4 Å². The maximum Gasteiger partial charge on any atom is 0.253 e. The molecule has 8 heteroatoms. The molecule has 3 atom stereocenters. The van der Waals surface area contributed by atoms with Crippen LogP contribution in [0.3, 0.4) is 0 Å². The number of methoxy groups -OCH3 is 1. The van der Waals surface area contributed by atoms with E-state index in [1.165, 1.54) is 0 Å². The fourth-order valence-corrected chi connectivity index (χ4v) is 4.14. The van der Waals surface area contributed by atoms with E-state index in [0.717, 1.165) is 0 Å². The van der Waals surface area contributed by atoms with E-state index in [9.17, 15) is 14.4 Å². The molecule has 27 heavy (non-hydrogen) atoms. The summed E-state index contributed by atoms with van der Waals surface area (Å²) in [5.41, 5.74) is 0.952. The van der Waals surface area contributed by atoms with Crippen molar-refractivity contribution in [1.82, 2.24) is 14.7 Å². The normalized spacial score (nSPS) is 27.3. The molecule has 4 rings (SSSR count). The molecule has 3 aliphatic heterocycles. The van der Waals surface area contributed by atoms with Gasteiger partial charge in [0.25, 0.3) is 5.91 Å². The number of ether oxygens (including phenoxy) is 1. The van der Waals surface area contributed by atoms with Crippen molar-refractivity contribution in [2.24, 2.45) is 0 Å². The first-order valence-electron chi connectivity index (χ1n) is 8.96. The van der Waals surface area contributed by atoms with Gasteiger partial charge in [0.1, 0.15) is 12.1 Å². The summed E-state index contributed by atoms with van der Waals surface area (Å²) in [7, 11) is 1.59. The first-order chi connectivity index (χ1) is 13.0. The molecule has 3 fully saturated rings. The Morgan fingerprint density at radius 3 is 2.44 bits per heavy atom. The van der Waals surface area contributed by atoms with Gasteiger partial charge < -0.3 is 19.4 Å². The molecule has 0 unspecified atom stereocenters. The Balaban J connectivity index is 1.52. The molecular formula is C19H20N4O4. The van der Waals surface area contributed by atoms with Gasteiger partial charge in [-0.05, 0) is 24.3 Å². The monoisotopic (exact) mass is 368 g/mol. The van der Waals surface area contributed by atoms with E-state index in [1.807, 2.05) is 6.07 Å². The maximum absolute atomic E-state index is 12.9. The topological polar surface area (TPSA) is 94.0 Å². The first kappa shape index (κ1) is 17.5. The SMILES string of the molecule is CO[C@@H]1C[C@H]2C(=O)N3CCN(C(=O)c4ccc(C#N)cc4)C[C@H]3C(=O)N2C1. The predicted molar refractivity (Wildman–Crippen MR) is 93.5 cm³/mol. The fraction of sp³-hybridized carbons (Fsp3) is 0.474. The summed E-state index contributed by atoms with van der Waals surface area (Å²) < 4.78 is 5.34. The molecule has 0 N–H and O–H groups in total. The molecular weight excluding hydrogens is 348 g/mol. The van der Waals surface area contributed by atoms with Gasteiger partial charge in [-0.25, -0.2) is 0 Å². The van der Waals surface area contributed by atoms with Gasteiger partial charge in [0.2, 0.25) is 11.8 Å². The fourth-order valence-electron chi connectivity index (χ4n) is 4.14. The van der Waals surface area contributed by atoms with Crippen LogP contribution < -0.4 is 0 Å². The number of nitrogens with zero attached hydrogens (tertiary/aromatic N) is 4. The van der Waals surface area contributed by atoms with E-state index in [-0.39, 0.29) is 30.4 Å². The highest BCUT2D eigenvalue weighted by molar-refractivity contribution is 5.99. The molecule has 140 valence electrons. The quantitative estimate of drug-likeness (QED) is 0.723. The van der Waals surface area contributed by atoms with Crippen molar-refractivity contribution < 1.29 is 19.1 Å². The Kier molecular flexibility index (Phi) is 4.32. The maximum atomic E-state index is 12.9. The second-order valence-electron chi connectivity index (χ2n) is 7.09. The standard InChI is InChI=1S/C19H20N4O4/c1-27-14-8-15-18(25)22-7-6-21(11-16(22)19(26)23(15)10-14)17(24)13-4-2-12(9-20)3-5-13/h2-5,14-16H,6-8,10-11H2,1H3/t14-,15+,16+/m1/s1. The van der Waals surface area contributed by atoms with Crippen molar-refractivity contribution in [2.75, 3.05) is 33.3 Å². The van der Waals surface area contributed by atoms with E-state index >= 15 is 0 Å². The Morgan fingerprint density at radius 1 is 1.07 bits per heavy atom. The molecule has 0 radical (unpaired) electrons. The Labute approximate surface area is 156 Å². The van der Waals surface area contributed by atoms with Crippen LogP contribution in [0.25, 0.3) is 0 Å². The highest BCUT2D eigenvalue weighted by atomic mass is 16.5. The lowest BCUT2D eigenvalue weighted by Crippen LogP contribution is -2.69. The van der Waals surface area contributed by atoms with Crippen LogP contribution in [0.5, 0.6) is 0 Å². The van der Waals surface area contributed by atoms with Crippen LogP contribution in [0.1, 0.15) is 22.3 Å². The number of carbonyl (C=O) groups is 3. The molecule has 0 spiro atoms. The van der Waals surface area contributed by atoms with Gasteiger partial charge in [-0.1, -0.05) is 0 Å². The molecule has 3 heterocycles. The summed E-state index contributed by atoms with van der Waals surface area (Å²) >= 11 is 0. The smallest absolute Gasteiger partial charge is 0.253 e. The van der Waals surface area contributed by atoms with Gasteiger partial charge in [-0.15, -0.1) is 0 Å². The minimum Gasteiger partial charge on any atom is -0.380 e.